The Morgan fingerprint density at radius 1 is 1.33 bits per heavy atom. The molecule has 1 aliphatic heterocycles. The van der Waals surface area contributed by atoms with E-state index >= 15 is 0 Å². The van der Waals surface area contributed by atoms with Gasteiger partial charge in [-0.05, 0) is 17.7 Å². The molecule has 7 nitrogen and oxygen atoms in total. The van der Waals surface area contributed by atoms with Crippen molar-refractivity contribution < 1.29 is 19.5 Å². The minimum Gasteiger partial charge on any atom is -0.480 e. The van der Waals surface area contributed by atoms with Crippen molar-refractivity contribution in [3.63, 3.8) is 0 Å². The molecule has 0 unspecified atom stereocenters. The molecular weight excluding hydrogens is 294 g/mol. The highest BCUT2D eigenvalue weighted by Crippen LogP contribution is 2.23. The second-order valence-corrected chi connectivity index (χ2v) is 5.54. The first-order valence-electron chi connectivity index (χ1n) is 6.23. The van der Waals surface area contributed by atoms with Crippen molar-refractivity contribution in [2.45, 2.75) is 12.6 Å². The summed E-state index contributed by atoms with van der Waals surface area (Å²) in [6.07, 6.45) is 0. The Morgan fingerprint density at radius 2 is 2.00 bits per heavy atom. The number of urea groups is 1. The van der Waals surface area contributed by atoms with Gasteiger partial charge in [-0.25, -0.2) is 9.59 Å². The van der Waals surface area contributed by atoms with Crippen molar-refractivity contribution in [2.75, 3.05) is 11.6 Å². The Labute approximate surface area is 125 Å². The van der Waals surface area contributed by atoms with Gasteiger partial charge in [-0.2, -0.15) is 0 Å². The zero-order chi connectivity index (χ0) is 15.4. The fraction of sp³-hybridized carbons (Fsp3) is 0.308. The number of aliphatic carboxylic acids is 1. The quantitative estimate of drug-likeness (QED) is 0.747. The van der Waals surface area contributed by atoms with E-state index in [1.807, 2.05) is 0 Å². The molecule has 112 valence electrons. The number of thioether (sulfide) groups is 1. The predicted molar refractivity (Wildman–Crippen MR) is 77.8 cm³/mol. The van der Waals surface area contributed by atoms with Crippen LogP contribution in [0.3, 0.4) is 0 Å². The summed E-state index contributed by atoms with van der Waals surface area (Å²) in [5, 5.41) is 11.5. The third-order valence-corrected chi connectivity index (χ3v) is 4.11. The number of primary amides is 1. The Kier molecular flexibility index (Phi) is 4.69. The second kappa shape index (κ2) is 6.49. The van der Waals surface area contributed by atoms with Gasteiger partial charge >= 0.3 is 12.0 Å². The zero-order valence-corrected chi connectivity index (χ0v) is 11.9. The molecular formula is C13H15N3O4S. The van der Waals surface area contributed by atoms with Gasteiger partial charge in [0.25, 0.3) is 5.91 Å². The molecule has 3 amide bonds. The fourth-order valence-electron chi connectivity index (χ4n) is 1.97. The van der Waals surface area contributed by atoms with Crippen LogP contribution in [-0.2, 0) is 11.3 Å². The van der Waals surface area contributed by atoms with Crippen molar-refractivity contribution in [2.24, 2.45) is 5.73 Å². The van der Waals surface area contributed by atoms with Crippen molar-refractivity contribution >= 4 is 29.7 Å². The van der Waals surface area contributed by atoms with Gasteiger partial charge < -0.3 is 21.1 Å². The lowest BCUT2D eigenvalue weighted by Gasteiger charge is -2.20. The smallest absolute Gasteiger partial charge is 0.327 e. The summed E-state index contributed by atoms with van der Waals surface area (Å²) in [7, 11) is 0. The van der Waals surface area contributed by atoms with Crippen molar-refractivity contribution in [1.82, 2.24) is 10.2 Å². The van der Waals surface area contributed by atoms with Crippen LogP contribution < -0.4 is 11.1 Å². The number of carboxylic acid groups (broad SMARTS) is 1. The molecule has 8 heteroatoms. The maximum Gasteiger partial charge on any atom is 0.327 e. The first-order valence-corrected chi connectivity index (χ1v) is 7.38. The Bertz CT molecular complexity index is 561. The van der Waals surface area contributed by atoms with Crippen LogP contribution in [0.2, 0.25) is 0 Å². The Morgan fingerprint density at radius 3 is 2.57 bits per heavy atom. The summed E-state index contributed by atoms with van der Waals surface area (Å²) in [6.45, 7) is 0.279. The molecule has 0 spiro atoms. The highest BCUT2D eigenvalue weighted by Gasteiger charge is 2.34. The number of benzene rings is 1. The van der Waals surface area contributed by atoms with Crippen molar-refractivity contribution in [1.29, 1.82) is 0 Å². The van der Waals surface area contributed by atoms with Gasteiger partial charge in [-0.15, -0.1) is 11.8 Å². The highest BCUT2D eigenvalue weighted by atomic mass is 32.2. The first-order chi connectivity index (χ1) is 9.99. The molecule has 0 bridgehead atoms. The van der Waals surface area contributed by atoms with Crippen LogP contribution in [0, 0.1) is 0 Å². The average molecular weight is 309 g/mol. The molecule has 1 aromatic rings. The van der Waals surface area contributed by atoms with E-state index in [1.165, 1.54) is 16.7 Å². The second-order valence-electron chi connectivity index (χ2n) is 4.54. The van der Waals surface area contributed by atoms with E-state index in [0.717, 1.165) is 5.56 Å². The molecule has 1 atom stereocenters. The summed E-state index contributed by atoms with van der Waals surface area (Å²) < 4.78 is 0. The molecule has 0 aromatic heterocycles. The van der Waals surface area contributed by atoms with E-state index in [2.05, 4.69) is 5.32 Å². The topological polar surface area (TPSA) is 113 Å². The third-order valence-electron chi connectivity index (χ3n) is 3.10. The molecule has 1 aliphatic rings. The van der Waals surface area contributed by atoms with Gasteiger partial charge in [0.05, 0.1) is 5.88 Å². The van der Waals surface area contributed by atoms with Gasteiger partial charge in [-0.1, -0.05) is 12.1 Å². The lowest BCUT2D eigenvalue weighted by atomic mass is 10.1. The maximum absolute atomic E-state index is 12.3. The minimum absolute atomic E-state index is 0.279. The average Bonchev–Trinajstić information content (AvgIpc) is 2.94. The van der Waals surface area contributed by atoms with Gasteiger partial charge in [0.15, 0.2) is 0 Å². The lowest BCUT2D eigenvalue weighted by molar-refractivity contribution is -0.140. The van der Waals surface area contributed by atoms with E-state index in [9.17, 15) is 14.4 Å². The third kappa shape index (κ3) is 3.66. The molecule has 1 fully saturated rings. The first kappa shape index (κ1) is 15.2. The number of nitrogens with one attached hydrogen (secondary N) is 1. The number of carbonyl (C=O) groups is 3. The number of rotatable bonds is 4. The van der Waals surface area contributed by atoms with Crippen molar-refractivity contribution in [3.05, 3.63) is 35.4 Å². The normalized spacial score (nSPS) is 17.5. The molecule has 0 saturated carbocycles. The summed E-state index contributed by atoms with van der Waals surface area (Å²) in [4.78, 5) is 35.4. The largest absolute Gasteiger partial charge is 0.480 e. The molecule has 1 aromatic carbocycles. The van der Waals surface area contributed by atoms with Crippen LogP contribution in [0.1, 0.15) is 15.9 Å². The maximum atomic E-state index is 12.3. The molecule has 1 saturated heterocycles. The molecule has 0 aliphatic carbocycles. The summed E-state index contributed by atoms with van der Waals surface area (Å²) in [6, 6.07) is 5.22. The van der Waals surface area contributed by atoms with Gasteiger partial charge in [-0.3, -0.25) is 4.79 Å². The van der Waals surface area contributed by atoms with Crippen LogP contribution in [0.5, 0.6) is 0 Å². The predicted octanol–water partition coefficient (Wildman–Crippen LogP) is 0.455. The molecule has 4 N–H and O–H groups in total. The summed E-state index contributed by atoms with van der Waals surface area (Å²) in [5.74, 6) is -0.514. The molecule has 1 heterocycles. The van der Waals surface area contributed by atoms with Gasteiger partial charge in [0, 0.05) is 17.9 Å². The number of nitrogens with zero attached hydrogens (tertiary/aromatic N) is 1. The van der Waals surface area contributed by atoms with Crippen LogP contribution in [0.25, 0.3) is 0 Å². The standard InChI is InChI=1S/C13H15N3O4S/c14-13(20)15-5-8-1-3-9(4-2-8)11(17)16-7-21-6-10(16)12(18)19/h1-4,10H,5-7H2,(H,18,19)(H3,14,15,20)/t10-/m0/s1. The number of amides is 3. The van der Waals surface area contributed by atoms with Crippen molar-refractivity contribution in [3.8, 4) is 0 Å². The van der Waals surface area contributed by atoms with E-state index < -0.39 is 18.0 Å². The van der Waals surface area contributed by atoms with E-state index in [0.29, 0.717) is 17.2 Å². The Balaban J connectivity index is 2.06. The van der Waals surface area contributed by atoms with Gasteiger partial charge in [0.1, 0.15) is 6.04 Å². The molecule has 2 rings (SSSR count). The van der Waals surface area contributed by atoms with E-state index in [4.69, 9.17) is 10.8 Å². The molecule has 0 radical (unpaired) electrons. The minimum atomic E-state index is -0.990. The van der Waals surface area contributed by atoms with Crippen LogP contribution in [0.15, 0.2) is 24.3 Å². The van der Waals surface area contributed by atoms with Crippen LogP contribution in [-0.4, -0.2) is 45.6 Å². The zero-order valence-electron chi connectivity index (χ0n) is 11.1. The fourth-order valence-corrected chi connectivity index (χ4v) is 3.11. The number of nitrogens with two attached hydrogens (primary N) is 1. The number of carboxylic acids is 1. The van der Waals surface area contributed by atoms with E-state index in [1.54, 1.807) is 24.3 Å². The number of carbonyl (C=O) groups excluding carboxylic acids is 2. The molecule has 21 heavy (non-hydrogen) atoms. The SMILES string of the molecule is NC(=O)NCc1ccc(C(=O)N2CSC[C@H]2C(=O)O)cc1. The summed E-state index contributed by atoms with van der Waals surface area (Å²) >= 11 is 1.42. The van der Waals surface area contributed by atoms with Crippen LogP contribution >= 0.6 is 11.8 Å². The number of hydrogen-bond donors (Lipinski definition) is 3. The monoisotopic (exact) mass is 309 g/mol. The van der Waals surface area contributed by atoms with Gasteiger partial charge in [0.2, 0.25) is 0 Å². The highest BCUT2D eigenvalue weighted by molar-refractivity contribution is 7.99. The Hall–Kier alpha value is -2.22. The lowest BCUT2D eigenvalue weighted by Crippen LogP contribution is -2.41. The van der Waals surface area contributed by atoms with Crippen LogP contribution in [0.4, 0.5) is 4.79 Å². The van der Waals surface area contributed by atoms with E-state index in [-0.39, 0.29) is 12.5 Å². The number of hydrogen-bond acceptors (Lipinski definition) is 4. The summed E-state index contributed by atoms with van der Waals surface area (Å²) in [5.41, 5.74) is 6.20.